The van der Waals surface area contributed by atoms with Crippen LogP contribution in [0.5, 0.6) is 0 Å². The van der Waals surface area contributed by atoms with E-state index in [9.17, 15) is 4.79 Å². The van der Waals surface area contributed by atoms with Crippen LogP contribution in [0.1, 0.15) is 33.1 Å². The quantitative estimate of drug-likeness (QED) is 0.586. The Hall–Kier alpha value is -0.530. The minimum absolute atomic E-state index is 0.227. The molecule has 2 heteroatoms. The largest absolute Gasteiger partial charge is 0.353 e. The van der Waals surface area contributed by atoms with Gasteiger partial charge in [-0.1, -0.05) is 13.8 Å². The molecule has 0 bridgehead atoms. The van der Waals surface area contributed by atoms with Crippen molar-refractivity contribution < 1.29 is 4.79 Å². The Morgan fingerprint density at radius 1 is 1.70 bits per heavy atom. The zero-order chi connectivity index (χ0) is 7.56. The van der Waals surface area contributed by atoms with Crippen molar-refractivity contribution >= 4 is 5.91 Å². The van der Waals surface area contributed by atoms with E-state index in [4.69, 9.17) is 0 Å². The van der Waals surface area contributed by atoms with Crippen molar-refractivity contribution in [2.24, 2.45) is 5.92 Å². The highest BCUT2D eigenvalue weighted by Gasteiger charge is 2.21. The lowest BCUT2D eigenvalue weighted by Gasteiger charge is -2.26. The van der Waals surface area contributed by atoms with Crippen LogP contribution >= 0.6 is 0 Å². The van der Waals surface area contributed by atoms with Crippen LogP contribution in [-0.2, 0) is 4.79 Å². The van der Waals surface area contributed by atoms with Gasteiger partial charge in [0.1, 0.15) is 0 Å². The fraction of sp³-hybridized carbons (Fsp3) is 0.875. The summed E-state index contributed by atoms with van der Waals surface area (Å²) in [7, 11) is 0. The van der Waals surface area contributed by atoms with Crippen LogP contribution in [0.4, 0.5) is 0 Å². The number of amides is 1. The van der Waals surface area contributed by atoms with E-state index in [1.54, 1.807) is 0 Å². The van der Waals surface area contributed by atoms with Gasteiger partial charge in [0.15, 0.2) is 0 Å². The van der Waals surface area contributed by atoms with E-state index in [1.807, 2.05) is 0 Å². The van der Waals surface area contributed by atoms with Crippen LogP contribution in [0.15, 0.2) is 0 Å². The molecule has 0 saturated carbocycles. The van der Waals surface area contributed by atoms with Crippen LogP contribution in [0.3, 0.4) is 0 Å². The summed E-state index contributed by atoms with van der Waals surface area (Å²) in [5.74, 6) is 0.810. The Morgan fingerprint density at radius 2 is 2.40 bits per heavy atom. The molecule has 2 atom stereocenters. The molecule has 1 heterocycles. The summed E-state index contributed by atoms with van der Waals surface area (Å²) < 4.78 is 0. The Kier molecular flexibility index (Phi) is 2.30. The molecule has 10 heavy (non-hydrogen) atoms. The van der Waals surface area contributed by atoms with Gasteiger partial charge in [0.25, 0.3) is 0 Å². The van der Waals surface area contributed by atoms with E-state index in [2.05, 4.69) is 19.2 Å². The van der Waals surface area contributed by atoms with Crippen molar-refractivity contribution in [3.8, 4) is 0 Å². The predicted molar refractivity (Wildman–Crippen MR) is 40.6 cm³/mol. The third kappa shape index (κ3) is 1.72. The first-order valence-corrected chi connectivity index (χ1v) is 4.01. The number of carbonyl (C=O) groups is 1. The van der Waals surface area contributed by atoms with Crippen LogP contribution in [0, 0.1) is 5.92 Å². The summed E-state index contributed by atoms with van der Waals surface area (Å²) in [6, 6.07) is 0.441. The Labute approximate surface area is 62.0 Å². The summed E-state index contributed by atoms with van der Waals surface area (Å²) >= 11 is 0. The molecule has 0 radical (unpaired) electrons. The number of hydrogen-bond donors (Lipinski definition) is 1. The first-order chi connectivity index (χ1) is 4.72. The number of rotatable bonds is 1. The third-order valence-corrected chi connectivity index (χ3v) is 2.08. The zero-order valence-corrected chi connectivity index (χ0v) is 6.68. The minimum Gasteiger partial charge on any atom is -0.353 e. The van der Waals surface area contributed by atoms with Crippen molar-refractivity contribution in [1.82, 2.24) is 5.32 Å². The van der Waals surface area contributed by atoms with Gasteiger partial charge in [-0.05, 0) is 18.8 Å². The van der Waals surface area contributed by atoms with Gasteiger partial charge in [-0.3, -0.25) is 4.79 Å². The van der Waals surface area contributed by atoms with Gasteiger partial charge in [-0.15, -0.1) is 0 Å². The lowest BCUT2D eigenvalue weighted by molar-refractivity contribution is -0.124. The Bertz CT molecular complexity index is 133. The van der Waals surface area contributed by atoms with E-state index in [0.29, 0.717) is 12.0 Å². The minimum atomic E-state index is 0.227. The molecule has 58 valence electrons. The van der Waals surface area contributed by atoms with Crippen LogP contribution < -0.4 is 5.32 Å². The molecule has 1 saturated heterocycles. The molecular weight excluding hydrogens is 126 g/mol. The van der Waals surface area contributed by atoms with Crippen LogP contribution in [0.25, 0.3) is 0 Å². The molecule has 0 spiro atoms. The second-order valence-electron chi connectivity index (χ2n) is 3.22. The maximum absolute atomic E-state index is 10.9. The lowest BCUT2D eigenvalue weighted by atomic mass is 9.93. The topological polar surface area (TPSA) is 29.1 Å². The molecule has 1 aliphatic heterocycles. The van der Waals surface area contributed by atoms with Crippen molar-refractivity contribution in [3.63, 3.8) is 0 Å². The normalized spacial score (nSPS) is 33.6. The summed E-state index contributed by atoms with van der Waals surface area (Å²) in [4.78, 5) is 10.9. The van der Waals surface area contributed by atoms with E-state index in [0.717, 1.165) is 19.3 Å². The molecule has 0 aromatic rings. The zero-order valence-electron chi connectivity index (χ0n) is 6.68. The molecule has 2 nitrogen and oxygen atoms in total. The molecule has 0 unspecified atom stereocenters. The molecule has 1 fully saturated rings. The van der Waals surface area contributed by atoms with Crippen molar-refractivity contribution in [2.45, 2.75) is 39.2 Å². The fourth-order valence-corrected chi connectivity index (χ4v) is 1.50. The van der Waals surface area contributed by atoms with Gasteiger partial charge in [0.05, 0.1) is 0 Å². The van der Waals surface area contributed by atoms with Crippen LogP contribution in [0.2, 0.25) is 0 Å². The lowest BCUT2D eigenvalue weighted by Crippen LogP contribution is -2.41. The average molecular weight is 141 g/mol. The molecule has 1 aliphatic rings. The maximum atomic E-state index is 10.9. The van der Waals surface area contributed by atoms with E-state index >= 15 is 0 Å². The molecule has 0 aromatic carbocycles. The summed E-state index contributed by atoms with van der Waals surface area (Å²) in [5.41, 5.74) is 0. The highest BCUT2D eigenvalue weighted by atomic mass is 16.1. The van der Waals surface area contributed by atoms with Gasteiger partial charge in [-0.25, -0.2) is 0 Å². The molecule has 0 aliphatic carbocycles. The molecule has 1 rings (SSSR count). The molecule has 1 N–H and O–H groups in total. The van der Waals surface area contributed by atoms with Gasteiger partial charge in [0.2, 0.25) is 5.91 Å². The smallest absolute Gasteiger partial charge is 0.220 e. The van der Waals surface area contributed by atoms with Crippen molar-refractivity contribution in [3.05, 3.63) is 0 Å². The van der Waals surface area contributed by atoms with Gasteiger partial charge in [-0.2, -0.15) is 0 Å². The molecule has 1 amide bonds. The number of piperidine rings is 1. The van der Waals surface area contributed by atoms with Crippen LogP contribution in [-0.4, -0.2) is 11.9 Å². The number of nitrogens with one attached hydrogen (secondary N) is 1. The fourth-order valence-electron chi connectivity index (χ4n) is 1.50. The molecule has 0 aromatic heterocycles. The van der Waals surface area contributed by atoms with Gasteiger partial charge >= 0.3 is 0 Å². The number of carbonyl (C=O) groups excluding carboxylic acids is 1. The second-order valence-corrected chi connectivity index (χ2v) is 3.22. The summed E-state index contributed by atoms with van der Waals surface area (Å²) in [6.07, 6.45) is 2.94. The van der Waals surface area contributed by atoms with Gasteiger partial charge < -0.3 is 5.32 Å². The van der Waals surface area contributed by atoms with Crippen molar-refractivity contribution in [2.75, 3.05) is 0 Å². The summed E-state index contributed by atoms with van der Waals surface area (Å²) in [6.45, 7) is 4.25. The highest BCUT2D eigenvalue weighted by Crippen LogP contribution is 2.17. The SMILES string of the molecule is CC[C@H]1C[C@H](C)CC(=O)N1. The first kappa shape index (κ1) is 7.58. The maximum Gasteiger partial charge on any atom is 0.220 e. The predicted octanol–water partition coefficient (Wildman–Crippen LogP) is 1.31. The third-order valence-electron chi connectivity index (χ3n) is 2.08. The monoisotopic (exact) mass is 141 g/mol. The second kappa shape index (κ2) is 3.04. The Balaban J connectivity index is 2.42. The van der Waals surface area contributed by atoms with Gasteiger partial charge in [0, 0.05) is 12.5 Å². The van der Waals surface area contributed by atoms with E-state index < -0.39 is 0 Å². The molecular formula is C8H15NO. The van der Waals surface area contributed by atoms with Crippen molar-refractivity contribution in [1.29, 1.82) is 0 Å². The standard InChI is InChI=1S/C8H15NO/c1-3-7-4-6(2)5-8(10)9-7/h6-7H,3-5H2,1-2H3,(H,9,10)/t6-,7-/m0/s1. The van der Waals surface area contributed by atoms with E-state index in [-0.39, 0.29) is 5.91 Å². The van der Waals surface area contributed by atoms with E-state index in [1.165, 1.54) is 0 Å². The first-order valence-electron chi connectivity index (χ1n) is 4.01. The Morgan fingerprint density at radius 3 is 2.90 bits per heavy atom. The summed E-state index contributed by atoms with van der Waals surface area (Å²) in [5, 5.41) is 2.96. The average Bonchev–Trinajstić information content (AvgIpc) is 1.85. The highest BCUT2D eigenvalue weighted by molar-refractivity contribution is 5.77. The number of hydrogen-bond acceptors (Lipinski definition) is 1.